The van der Waals surface area contributed by atoms with Crippen molar-refractivity contribution in [1.82, 2.24) is 10.6 Å². The molecule has 0 spiro atoms. The Morgan fingerprint density at radius 1 is 1.00 bits per heavy atom. The first-order valence-electron chi connectivity index (χ1n) is 8.99. The number of rotatable bonds is 12. The van der Waals surface area contributed by atoms with Crippen LogP contribution in [0.15, 0.2) is 40.9 Å². The van der Waals surface area contributed by atoms with E-state index in [0.717, 1.165) is 28.7 Å². The van der Waals surface area contributed by atoms with Crippen molar-refractivity contribution in [2.24, 2.45) is 0 Å². The van der Waals surface area contributed by atoms with Crippen LogP contribution in [0.1, 0.15) is 18.1 Å². The third-order valence-electron chi connectivity index (χ3n) is 3.84. The summed E-state index contributed by atoms with van der Waals surface area (Å²) in [5.74, 6) is 1.39. The number of aliphatic hydroxyl groups is 1. The summed E-state index contributed by atoms with van der Waals surface area (Å²) in [6.07, 6.45) is 0. The predicted octanol–water partition coefficient (Wildman–Crippen LogP) is 3.75. The number of benzene rings is 2. The average Bonchev–Trinajstić information content (AvgIpc) is 2.66. The second-order valence-corrected chi connectivity index (χ2v) is 7.12. The van der Waals surface area contributed by atoms with Gasteiger partial charge in [-0.25, -0.2) is 0 Å². The molecule has 3 N–H and O–H groups in total. The molecule has 0 heterocycles. The molecule has 2 rings (SSSR count). The minimum atomic E-state index is 0.152. The molecule has 2 aromatic rings. The van der Waals surface area contributed by atoms with Gasteiger partial charge in [-0.2, -0.15) is 0 Å². The Kier molecular flexibility index (Phi) is 9.94. The van der Waals surface area contributed by atoms with E-state index in [-0.39, 0.29) is 6.61 Å². The van der Waals surface area contributed by atoms with Crippen molar-refractivity contribution in [3.8, 4) is 11.5 Å². The molecule has 5 nitrogen and oxygen atoms in total. The van der Waals surface area contributed by atoms with Crippen molar-refractivity contribution in [1.29, 1.82) is 0 Å². The van der Waals surface area contributed by atoms with E-state index in [4.69, 9.17) is 26.2 Å². The number of hydrogen-bond acceptors (Lipinski definition) is 5. The number of nitrogens with one attached hydrogen (secondary N) is 2. The molecule has 0 saturated heterocycles. The smallest absolute Gasteiger partial charge is 0.162 e. The lowest BCUT2D eigenvalue weighted by Gasteiger charge is -2.16. The molecule has 148 valence electrons. The molecule has 0 unspecified atom stereocenters. The standard InChI is InChI=1S/C20H26BrClN2O3/c1-2-26-19-11-16(13-24-8-7-23-9-10-25)17(21)12-20(19)27-14-15-5-3-4-6-18(15)22/h3-6,11-12,23-25H,2,7-10,13-14H2,1H3. The summed E-state index contributed by atoms with van der Waals surface area (Å²) in [5, 5.41) is 15.9. The Balaban J connectivity index is 2.00. The van der Waals surface area contributed by atoms with E-state index in [1.165, 1.54) is 0 Å². The van der Waals surface area contributed by atoms with Crippen LogP contribution in [0.3, 0.4) is 0 Å². The van der Waals surface area contributed by atoms with Gasteiger partial charge in [-0.15, -0.1) is 0 Å². The lowest BCUT2D eigenvalue weighted by Crippen LogP contribution is -2.28. The van der Waals surface area contributed by atoms with E-state index < -0.39 is 0 Å². The number of halogens is 2. The molecule has 7 heteroatoms. The Morgan fingerprint density at radius 2 is 1.74 bits per heavy atom. The van der Waals surface area contributed by atoms with Crippen LogP contribution in [-0.2, 0) is 13.2 Å². The largest absolute Gasteiger partial charge is 0.490 e. The van der Waals surface area contributed by atoms with Gasteiger partial charge in [0.05, 0.1) is 13.2 Å². The van der Waals surface area contributed by atoms with Crippen molar-refractivity contribution < 1.29 is 14.6 Å². The van der Waals surface area contributed by atoms with Crippen molar-refractivity contribution in [2.75, 3.05) is 32.8 Å². The van der Waals surface area contributed by atoms with E-state index in [0.29, 0.717) is 42.8 Å². The van der Waals surface area contributed by atoms with Crippen LogP contribution in [0, 0.1) is 0 Å². The fourth-order valence-electron chi connectivity index (χ4n) is 2.47. The van der Waals surface area contributed by atoms with Gasteiger partial charge in [0.1, 0.15) is 6.61 Å². The fraction of sp³-hybridized carbons (Fsp3) is 0.400. The van der Waals surface area contributed by atoms with Gasteiger partial charge in [-0.05, 0) is 30.7 Å². The zero-order chi connectivity index (χ0) is 19.5. The molecule has 0 fully saturated rings. The van der Waals surface area contributed by atoms with E-state index in [2.05, 4.69) is 26.6 Å². The Labute approximate surface area is 174 Å². The first kappa shape index (κ1) is 22.0. The monoisotopic (exact) mass is 456 g/mol. The van der Waals surface area contributed by atoms with Gasteiger partial charge in [0.25, 0.3) is 0 Å². The van der Waals surface area contributed by atoms with Gasteiger partial charge >= 0.3 is 0 Å². The molecule has 2 aromatic carbocycles. The van der Waals surface area contributed by atoms with Gasteiger partial charge in [-0.3, -0.25) is 0 Å². The highest BCUT2D eigenvalue weighted by Crippen LogP contribution is 2.34. The predicted molar refractivity (Wildman–Crippen MR) is 113 cm³/mol. The van der Waals surface area contributed by atoms with Crippen LogP contribution in [-0.4, -0.2) is 38.0 Å². The summed E-state index contributed by atoms with van der Waals surface area (Å²) < 4.78 is 12.7. The normalized spacial score (nSPS) is 10.8. The van der Waals surface area contributed by atoms with E-state index in [1.807, 2.05) is 43.3 Å². The maximum absolute atomic E-state index is 8.75. The van der Waals surface area contributed by atoms with Crippen LogP contribution < -0.4 is 20.1 Å². The number of hydrogen-bond donors (Lipinski definition) is 3. The SMILES string of the molecule is CCOc1cc(CNCCNCCO)c(Br)cc1OCc1ccccc1Cl. The summed E-state index contributed by atoms with van der Waals surface area (Å²) in [7, 11) is 0. The zero-order valence-corrected chi connectivity index (χ0v) is 17.8. The lowest BCUT2D eigenvalue weighted by molar-refractivity contribution is 0.269. The van der Waals surface area contributed by atoms with E-state index >= 15 is 0 Å². The Bertz CT molecular complexity index is 716. The number of aliphatic hydroxyl groups excluding tert-OH is 1. The molecule has 0 aromatic heterocycles. The Morgan fingerprint density at radius 3 is 2.48 bits per heavy atom. The van der Waals surface area contributed by atoms with Crippen LogP contribution >= 0.6 is 27.5 Å². The maximum atomic E-state index is 8.75. The van der Waals surface area contributed by atoms with Gasteiger partial charge in [0, 0.05) is 41.2 Å². The quantitative estimate of drug-likeness (QED) is 0.424. The maximum Gasteiger partial charge on any atom is 0.162 e. The van der Waals surface area contributed by atoms with Crippen LogP contribution in [0.2, 0.25) is 5.02 Å². The van der Waals surface area contributed by atoms with Crippen molar-refractivity contribution in [3.63, 3.8) is 0 Å². The van der Waals surface area contributed by atoms with Gasteiger partial charge in [0.2, 0.25) is 0 Å². The first-order chi connectivity index (χ1) is 13.2. The van der Waals surface area contributed by atoms with Crippen LogP contribution in [0.25, 0.3) is 0 Å². The topological polar surface area (TPSA) is 62.8 Å². The van der Waals surface area contributed by atoms with E-state index in [1.54, 1.807) is 0 Å². The van der Waals surface area contributed by atoms with Gasteiger partial charge < -0.3 is 25.2 Å². The third kappa shape index (κ3) is 7.31. The summed E-state index contributed by atoms with van der Waals surface area (Å²) in [6.45, 7) is 5.95. The molecule has 0 aliphatic heterocycles. The third-order valence-corrected chi connectivity index (χ3v) is 4.94. The second kappa shape index (κ2) is 12.2. The summed E-state index contributed by atoms with van der Waals surface area (Å²) in [4.78, 5) is 0. The van der Waals surface area contributed by atoms with Crippen molar-refractivity contribution >= 4 is 27.5 Å². The number of ether oxygens (including phenoxy) is 2. The molecule has 0 aliphatic carbocycles. The highest BCUT2D eigenvalue weighted by atomic mass is 79.9. The molecular weight excluding hydrogens is 432 g/mol. The molecule has 0 atom stereocenters. The molecule has 0 aliphatic rings. The second-order valence-electron chi connectivity index (χ2n) is 5.85. The first-order valence-corrected chi connectivity index (χ1v) is 10.2. The van der Waals surface area contributed by atoms with Crippen LogP contribution in [0.4, 0.5) is 0 Å². The molecule has 0 amide bonds. The summed E-state index contributed by atoms with van der Waals surface area (Å²) in [5.41, 5.74) is 2.02. The summed E-state index contributed by atoms with van der Waals surface area (Å²) >= 11 is 9.82. The average molecular weight is 458 g/mol. The molecule has 0 saturated carbocycles. The molecule has 0 radical (unpaired) electrons. The van der Waals surface area contributed by atoms with Gasteiger partial charge in [-0.1, -0.05) is 45.7 Å². The van der Waals surface area contributed by atoms with Crippen LogP contribution in [0.5, 0.6) is 11.5 Å². The molecule has 0 bridgehead atoms. The lowest BCUT2D eigenvalue weighted by atomic mass is 10.2. The van der Waals surface area contributed by atoms with Gasteiger partial charge in [0.15, 0.2) is 11.5 Å². The fourth-order valence-corrected chi connectivity index (χ4v) is 3.12. The highest BCUT2D eigenvalue weighted by molar-refractivity contribution is 9.10. The minimum Gasteiger partial charge on any atom is -0.490 e. The highest BCUT2D eigenvalue weighted by Gasteiger charge is 2.12. The molecular formula is C20H26BrClN2O3. The summed E-state index contributed by atoms with van der Waals surface area (Å²) in [6, 6.07) is 11.6. The Hall–Kier alpha value is -1.31. The van der Waals surface area contributed by atoms with Crippen molar-refractivity contribution in [2.45, 2.75) is 20.1 Å². The zero-order valence-electron chi connectivity index (χ0n) is 15.4. The molecule has 27 heavy (non-hydrogen) atoms. The minimum absolute atomic E-state index is 0.152. The van der Waals surface area contributed by atoms with Crippen molar-refractivity contribution in [3.05, 3.63) is 57.0 Å². The van der Waals surface area contributed by atoms with E-state index in [9.17, 15) is 0 Å².